The third-order valence-electron chi connectivity index (χ3n) is 5.25. The lowest BCUT2D eigenvalue weighted by Gasteiger charge is -2.26. The standard InChI is InChI=1S/C23H27N5O6S/c1-31-16-8-6-14(18(10-16)33-3)12-27(13-15-7-9-17(32-2)11-19(15)34-4)22-20(28(29)30)21(24)25-23(26-22)35-5/h6-11H,12-13H2,1-5H3,(H2,24,25,26). The van der Waals surface area contributed by atoms with E-state index in [0.29, 0.717) is 28.2 Å². The molecule has 0 radical (unpaired) electrons. The third-order valence-corrected chi connectivity index (χ3v) is 5.80. The molecule has 35 heavy (non-hydrogen) atoms. The van der Waals surface area contributed by atoms with Gasteiger partial charge in [-0.2, -0.15) is 9.97 Å². The molecule has 11 nitrogen and oxygen atoms in total. The van der Waals surface area contributed by atoms with E-state index in [2.05, 4.69) is 9.97 Å². The zero-order chi connectivity index (χ0) is 25.5. The van der Waals surface area contributed by atoms with E-state index in [-0.39, 0.29) is 30.4 Å². The molecule has 0 fully saturated rings. The van der Waals surface area contributed by atoms with Crippen LogP contribution in [0.3, 0.4) is 0 Å². The van der Waals surface area contributed by atoms with Crippen LogP contribution in [0.2, 0.25) is 0 Å². The molecule has 1 heterocycles. The molecule has 12 heteroatoms. The van der Waals surface area contributed by atoms with Crippen LogP contribution >= 0.6 is 11.8 Å². The van der Waals surface area contributed by atoms with Crippen LogP contribution in [-0.4, -0.2) is 49.6 Å². The first kappa shape index (κ1) is 25.7. The fourth-order valence-corrected chi connectivity index (χ4v) is 3.88. The summed E-state index contributed by atoms with van der Waals surface area (Å²) < 4.78 is 21.7. The van der Waals surface area contributed by atoms with Crippen LogP contribution in [0.25, 0.3) is 0 Å². The highest BCUT2D eigenvalue weighted by Crippen LogP contribution is 2.37. The zero-order valence-electron chi connectivity index (χ0n) is 20.1. The molecule has 1 aromatic heterocycles. The average molecular weight is 502 g/mol. The minimum atomic E-state index is -0.571. The molecule has 0 saturated heterocycles. The SMILES string of the molecule is COc1ccc(CN(Cc2ccc(OC)cc2OC)c2nc(SC)nc(N)c2[N+](=O)[O-])c(OC)c1. The van der Waals surface area contributed by atoms with Crippen molar-refractivity contribution in [3.05, 3.63) is 57.6 Å². The van der Waals surface area contributed by atoms with Crippen molar-refractivity contribution in [2.75, 3.05) is 45.3 Å². The summed E-state index contributed by atoms with van der Waals surface area (Å²) in [6.07, 6.45) is 1.77. The van der Waals surface area contributed by atoms with E-state index in [0.717, 1.165) is 11.1 Å². The van der Waals surface area contributed by atoms with E-state index >= 15 is 0 Å². The van der Waals surface area contributed by atoms with Gasteiger partial charge in [0.1, 0.15) is 23.0 Å². The Hall–Kier alpha value is -3.93. The minimum Gasteiger partial charge on any atom is -0.497 e. The summed E-state index contributed by atoms with van der Waals surface area (Å²) >= 11 is 1.24. The number of hydrogen-bond acceptors (Lipinski definition) is 11. The predicted molar refractivity (Wildman–Crippen MR) is 134 cm³/mol. The highest BCUT2D eigenvalue weighted by atomic mass is 32.2. The number of methoxy groups -OCH3 is 4. The number of hydrogen-bond donors (Lipinski definition) is 1. The van der Waals surface area contributed by atoms with E-state index in [4.69, 9.17) is 24.7 Å². The van der Waals surface area contributed by atoms with Crippen LogP contribution in [0.5, 0.6) is 23.0 Å². The first-order valence-corrected chi connectivity index (χ1v) is 11.6. The number of benzene rings is 2. The average Bonchev–Trinajstić information content (AvgIpc) is 2.87. The second-order valence-corrected chi connectivity index (χ2v) is 8.01. The van der Waals surface area contributed by atoms with Gasteiger partial charge in [0.2, 0.25) is 11.6 Å². The van der Waals surface area contributed by atoms with E-state index in [1.54, 1.807) is 63.9 Å². The Morgan fingerprint density at radius 1 is 0.914 bits per heavy atom. The highest BCUT2D eigenvalue weighted by molar-refractivity contribution is 7.98. The third kappa shape index (κ3) is 5.77. The van der Waals surface area contributed by atoms with Crippen LogP contribution in [0, 0.1) is 10.1 Å². The lowest BCUT2D eigenvalue weighted by Crippen LogP contribution is -2.26. The van der Waals surface area contributed by atoms with E-state index < -0.39 is 4.92 Å². The maximum atomic E-state index is 12.0. The number of nitro groups is 1. The van der Waals surface area contributed by atoms with Crippen LogP contribution < -0.4 is 29.6 Å². The molecule has 0 amide bonds. The molecule has 186 valence electrons. The summed E-state index contributed by atoms with van der Waals surface area (Å²) in [6.45, 7) is 0.431. The van der Waals surface area contributed by atoms with Crippen molar-refractivity contribution >= 4 is 29.1 Å². The number of rotatable bonds is 11. The van der Waals surface area contributed by atoms with E-state index in [1.807, 2.05) is 12.1 Å². The highest BCUT2D eigenvalue weighted by Gasteiger charge is 2.29. The van der Waals surface area contributed by atoms with Gasteiger partial charge in [0.25, 0.3) is 0 Å². The summed E-state index contributed by atoms with van der Waals surface area (Å²) in [4.78, 5) is 21.7. The van der Waals surface area contributed by atoms with Crippen molar-refractivity contribution in [2.24, 2.45) is 0 Å². The lowest BCUT2D eigenvalue weighted by atomic mass is 10.1. The van der Waals surface area contributed by atoms with Gasteiger partial charge in [0, 0.05) is 36.3 Å². The largest absolute Gasteiger partial charge is 0.497 e. The zero-order valence-corrected chi connectivity index (χ0v) is 20.9. The fourth-order valence-electron chi connectivity index (χ4n) is 3.51. The summed E-state index contributed by atoms with van der Waals surface area (Å²) in [5.74, 6) is 2.24. The number of ether oxygens (including phenoxy) is 4. The first-order valence-electron chi connectivity index (χ1n) is 10.4. The van der Waals surface area contributed by atoms with Gasteiger partial charge in [0.05, 0.1) is 33.4 Å². The Morgan fingerprint density at radius 2 is 1.43 bits per heavy atom. The maximum Gasteiger partial charge on any atom is 0.353 e. The van der Waals surface area contributed by atoms with Crippen LogP contribution in [0.15, 0.2) is 41.6 Å². The fraction of sp³-hybridized carbons (Fsp3) is 0.304. The normalized spacial score (nSPS) is 10.5. The quantitative estimate of drug-likeness (QED) is 0.177. The number of anilines is 2. The van der Waals surface area contributed by atoms with Gasteiger partial charge >= 0.3 is 5.69 Å². The van der Waals surface area contributed by atoms with Gasteiger partial charge in [-0.25, -0.2) is 0 Å². The molecule has 0 unspecified atom stereocenters. The number of aromatic nitrogens is 2. The monoisotopic (exact) mass is 501 g/mol. The second kappa shape index (κ2) is 11.5. The molecule has 3 aromatic rings. The molecule has 0 aliphatic heterocycles. The van der Waals surface area contributed by atoms with Gasteiger partial charge in [-0.05, 0) is 30.5 Å². The molecule has 0 aliphatic carbocycles. The lowest BCUT2D eigenvalue weighted by molar-refractivity contribution is -0.383. The maximum absolute atomic E-state index is 12.0. The molecular formula is C23H27N5O6S. The molecule has 0 spiro atoms. The molecule has 0 saturated carbocycles. The van der Waals surface area contributed by atoms with Gasteiger partial charge in [-0.1, -0.05) is 11.8 Å². The topological polar surface area (TPSA) is 135 Å². The summed E-state index contributed by atoms with van der Waals surface area (Å²) in [5, 5.41) is 12.3. The Kier molecular flexibility index (Phi) is 8.42. The van der Waals surface area contributed by atoms with Crippen molar-refractivity contribution in [3.63, 3.8) is 0 Å². The Balaban J connectivity index is 2.17. The molecule has 2 N–H and O–H groups in total. The van der Waals surface area contributed by atoms with E-state index in [1.165, 1.54) is 11.8 Å². The molecular weight excluding hydrogens is 474 g/mol. The predicted octanol–water partition coefficient (Wildman–Crippen LogP) is 3.93. The van der Waals surface area contributed by atoms with Crippen LogP contribution in [0.1, 0.15) is 11.1 Å². The molecule has 2 aromatic carbocycles. The van der Waals surface area contributed by atoms with Crippen molar-refractivity contribution in [1.82, 2.24) is 9.97 Å². The second-order valence-electron chi connectivity index (χ2n) is 7.24. The molecule has 0 bridgehead atoms. The van der Waals surface area contributed by atoms with Gasteiger partial charge in [-0.15, -0.1) is 0 Å². The Bertz CT molecular complexity index is 1150. The van der Waals surface area contributed by atoms with Crippen molar-refractivity contribution in [2.45, 2.75) is 18.2 Å². The molecule has 0 atom stereocenters. The summed E-state index contributed by atoms with van der Waals surface area (Å²) in [7, 11) is 6.22. The number of nitrogen functional groups attached to an aromatic ring is 1. The van der Waals surface area contributed by atoms with Gasteiger partial charge < -0.3 is 29.6 Å². The number of thioether (sulfide) groups is 1. The summed E-state index contributed by atoms with van der Waals surface area (Å²) in [5.41, 5.74) is 7.15. The van der Waals surface area contributed by atoms with Crippen molar-refractivity contribution < 1.29 is 23.9 Å². The van der Waals surface area contributed by atoms with E-state index in [9.17, 15) is 10.1 Å². The van der Waals surface area contributed by atoms with Crippen molar-refractivity contribution in [3.8, 4) is 23.0 Å². The van der Waals surface area contributed by atoms with Crippen molar-refractivity contribution in [1.29, 1.82) is 0 Å². The van der Waals surface area contributed by atoms with Crippen LogP contribution in [0.4, 0.5) is 17.3 Å². The number of nitrogens with two attached hydrogens (primary N) is 1. The molecule has 0 aliphatic rings. The number of nitrogens with zero attached hydrogens (tertiary/aromatic N) is 4. The Morgan fingerprint density at radius 3 is 1.83 bits per heavy atom. The van der Waals surface area contributed by atoms with Gasteiger partial charge in [-0.3, -0.25) is 10.1 Å². The summed E-state index contributed by atoms with van der Waals surface area (Å²) in [6, 6.07) is 10.7. The minimum absolute atomic E-state index is 0.0857. The first-order chi connectivity index (χ1) is 16.8. The smallest absolute Gasteiger partial charge is 0.353 e. The Labute approximate surface area is 207 Å². The molecule has 3 rings (SSSR count). The van der Waals surface area contributed by atoms with Gasteiger partial charge in [0.15, 0.2) is 5.16 Å². The van der Waals surface area contributed by atoms with Crippen LogP contribution in [-0.2, 0) is 13.1 Å².